The van der Waals surface area contributed by atoms with E-state index in [4.69, 9.17) is 0 Å². The molecule has 3 rings (SSSR count). The van der Waals surface area contributed by atoms with E-state index in [-0.39, 0.29) is 35.4 Å². The molecule has 1 aliphatic carbocycles. The van der Waals surface area contributed by atoms with Gasteiger partial charge in [0, 0.05) is 26.2 Å². The van der Waals surface area contributed by atoms with Crippen LogP contribution in [0.25, 0.3) is 0 Å². The molecule has 1 saturated carbocycles. The highest BCUT2D eigenvalue weighted by atomic mass is 127. The van der Waals surface area contributed by atoms with Gasteiger partial charge in [0.25, 0.3) is 0 Å². The van der Waals surface area contributed by atoms with Crippen LogP contribution in [0.5, 0.6) is 0 Å². The number of halogens is 2. The minimum absolute atomic E-state index is 0. The molecule has 0 heterocycles. The summed E-state index contributed by atoms with van der Waals surface area (Å²) in [6.07, 6.45) is 4.76. The largest absolute Gasteiger partial charge is 0.354 e. The third-order valence-corrected chi connectivity index (χ3v) is 6.34. The van der Waals surface area contributed by atoms with Gasteiger partial charge < -0.3 is 10.6 Å². The molecule has 1 fully saturated rings. The van der Waals surface area contributed by atoms with E-state index in [0.717, 1.165) is 24.4 Å². The van der Waals surface area contributed by atoms with E-state index >= 15 is 0 Å². The molecular weight excluding hydrogens is 518 g/mol. The van der Waals surface area contributed by atoms with Gasteiger partial charge in [-0.1, -0.05) is 37.1 Å². The van der Waals surface area contributed by atoms with Crippen LogP contribution in [-0.2, 0) is 23.1 Å². The first-order chi connectivity index (χ1) is 14.0. The number of sulfonamides is 1. The number of hydrogen-bond acceptors (Lipinski definition) is 3. The molecule has 0 saturated heterocycles. The predicted molar refractivity (Wildman–Crippen MR) is 128 cm³/mol. The van der Waals surface area contributed by atoms with Crippen LogP contribution in [0.3, 0.4) is 0 Å². The van der Waals surface area contributed by atoms with Gasteiger partial charge in [0.15, 0.2) is 5.96 Å². The zero-order valence-electron chi connectivity index (χ0n) is 16.9. The fourth-order valence-electron chi connectivity index (χ4n) is 3.38. The maximum atomic E-state index is 13.3. The van der Waals surface area contributed by atoms with Gasteiger partial charge >= 0.3 is 0 Å². The van der Waals surface area contributed by atoms with Gasteiger partial charge in [-0.3, -0.25) is 4.99 Å². The summed E-state index contributed by atoms with van der Waals surface area (Å²) < 4.78 is 41.0. The number of nitrogens with one attached hydrogen (secondary N) is 3. The third-order valence-electron chi connectivity index (χ3n) is 4.94. The Bertz CT molecular complexity index is 963. The summed E-state index contributed by atoms with van der Waals surface area (Å²) in [4.78, 5) is 4.41. The van der Waals surface area contributed by atoms with Crippen molar-refractivity contribution in [3.05, 3.63) is 65.5 Å². The molecule has 2 aromatic carbocycles. The Labute approximate surface area is 194 Å². The Kier molecular flexibility index (Phi) is 9.50. The van der Waals surface area contributed by atoms with E-state index in [1.54, 1.807) is 37.4 Å². The molecule has 0 atom stereocenters. The average molecular weight is 546 g/mol. The third kappa shape index (κ3) is 7.21. The molecule has 9 heteroatoms. The summed E-state index contributed by atoms with van der Waals surface area (Å²) in [5.41, 5.74) is 1.39. The lowest BCUT2D eigenvalue weighted by Gasteiger charge is -2.17. The van der Waals surface area contributed by atoms with Crippen LogP contribution < -0.4 is 15.4 Å². The predicted octanol–water partition coefficient (Wildman–Crippen LogP) is 3.53. The Morgan fingerprint density at radius 3 is 2.40 bits per heavy atom. The summed E-state index contributed by atoms with van der Waals surface area (Å²) >= 11 is 0. The normalized spacial score (nSPS) is 14.9. The Morgan fingerprint density at radius 2 is 1.73 bits per heavy atom. The molecule has 164 valence electrons. The molecular formula is C21H28FIN4O2S. The Hall–Kier alpha value is -1.72. The fraction of sp³-hybridized carbons (Fsp3) is 0.381. The van der Waals surface area contributed by atoms with E-state index in [9.17, 15) is 12.8 Å². The van der Waals surface area contributed by atoms with E-state index in [1.165, 1.54) is 25.0 Å². The topological polar surface area (TPSA) is 82.6 Å². The van der Waals surface area contributed by atoms with Crippen LogP contribution >= 0.6 is 24.0 Å². The zero-order chi connectivity index (χ0) is 20.7. The molecule has 0 amide bonds. The van der Waals surface area contributed by atoms with Crippen molar-refractivity contribution >= 4 is 40.0 Å². The molecule has 6 nitrogen and oxygen atoms in total. The van der Waals surface area contributed by atoms with E-state index in [2.05, 4.69) is 20.3 Å². The standard InChI is InChI=1S/C21H27FN4O2S.HI/c1-23-21(26-19-9-2-3-10-19)24-14-17-7-5-11-20(13-17)29(27,28)25-15-16-6-4-8-18(22)12-16;/h4-8,11-13,19,25H,2-3,9-10,14-15H2,1H3,(H2,23,24,26);1H. The summed E-state index contributed by atoms with van der Waals surface area (Å²) in [6, 6.07) is 13.1. The molecule has 30 heavy (non-hydrogen) atoms. The lowest BCUT2D eigenvalue weighted by Crippen LogP contribution is -2.41. The molecule has 0 aromatic heterocycles. The first-order valence-corrected chi connectivity index (χ1v) is 11.2. The molecule has 0 aliphatic heterocycles. The molecule has 1 aliphatic rings. The van der Waals surface area contributed by atoms with Crippen LogP contribution in [0.1, 0.15) is 36.8 Å². The van der Waals surface area contributed by atoms with E-state index in [1.807, 2.05) is 6.07 Å². The fourth-order valence-corrected chi connectivity index (χ4v) is 4.46. The van der Waals surface area contributed by atoms with Gasteiger partial charge in [0.2, 0.25) is 10.0 Å². The maximum Gasteiger partial charge on any atom is 0.240 e. The number of aliphatic imine (C=N–C) groups is 1. The highest BCUT2D eigenvalue weighted by molar-refractivity contribution is 14.0. The van der Waals surface area contributed by atoms with Crippen molar-refractivity contribution in [2.75, 3.05) is 7.05 Å². The maximum absolute atomic E-state index is 13.3. The van der Waals surface area contributed by atoms with Crippen LogP contribution in [0.4, 0.5) is 4.39 Å². The first-order valence-electron chi connectivity index (χ1n) is 9.76. The summed E-state index contributed by atoms with van der Waals surface area (Å²) in [7, 11) is -1.98. The van der Waals surface area contributed by atoms with Crippen LogP contribution in [-0.4, -0.2) is 27.5 Å². The van der Waals surface area contributed by atoms with Crippen molar-refractivity contribution in [1.29, 1.82) is 0 Å². The number of rotatable bonds is 7. The Morgan fingerprint density at radius 1 is 1.07 bits per heavy atom. The quantitative estimate of drug-likeness (QED) is 0.282. The molecule has 0 radical (unpaired) electrons. The van der Waals surface area contributed by atoms with E-state index in [0.29, 0.717) is 18.2 Å². The summed E-state index contributed by atoms with van der Waals surface area (Å²) in [5, 5.41) is 6.64. The van der Waals surface area contributed by atoms with Gasteiger partial charge in [-0.05, 0) is 48.2 Å². The molecule has 0 unspecified atom stereocenters. The van der Waals surface area contributed by atoms with Gasteiger partial charge in [0.05, 0.1) is 4.90 Å². The molecule has 0 spiro atoms. The second-order valence-corrected chi connectivity index (χ2v) is 8.92. The molecule has 3 N–H and O–H groups in total. The van der Waals surface area contributed by atoms with Crippen molar-refractivity contribution < 1.29 is 12.8 Å². The van der Waals surface area contributed by atoms with E-state index < -0.39 is 15.8 Å². The van der Waals surface area contributed by atoms with Gasteiger partial charge in [-0.25, -0.2) is 17.5 Å². The minimum Gasteiger partial charge on any atom is -0.354 e. The summed E-state index contributed by atoms with van der Waals surface area (Å²) in [5.74, 6) is 0.323. The second-order valence-electron chi connectivity index (χ2n) is 7.15. The second kappa shape index (κ2) is 11.6. The molecule has 2 aromatic rings. The lowest BCUT2D eigenvalue weighted by atomic mass is 10.2. The van der Waals surface area contributed by atoms with Gasteiger partial charge in [-0.2, -0.15) is 0 Å². The SMILES string of the molecule is CN=C(NCc1cccc(S(=O)(=O)NCc2cccc(F)c2)c1)NC1CCCC1.I. The highest BCUT2D eigenvalue weighted by Gasteiger charge is 2.17. The average Bonchev–Trinajstić information content (AvgIpc) is 3.23. The van der Waals surface area contributed by atoms with Crippen molar-refractivity contribution in [2.45, 2.75) is 49.7 Å². The van der Waals surface area contributed by atoms with Crippen molar-refractivity contribution in [1.82, 2.24) is 15.4 Å². The van der Waals surface area contributed by atoms with Crippen molar-refractivity contribution in [3.63, 3.8) is 0 Å². The van der Waals surface area contributed by atoms with Gasteiger partial charge in [0.1, 0.15) is 5.82 Å². The number of guanidine groups is 1. The minimum atomic E-state index is -3.70. The number of hydrogen-bond donors (Lipinski definition) is 3. The highest BCUT2D eigenvalue weighted by Crippen LogP contribution is 2.17. The smallest absolute Gasteiger partial charge is 0.240 e. The van der Waals surface area contributed by atoms with Crippen molar-refractivity contribution in [3.8, 4) is 0 Å². The first kappa shape index (κ1) is 24.5. The molecule has 0 bridgehead atoms. The van der Waals surface area contributed by atoms with Crippen LogP contribution in [0.15, 0.2) is 58.4 Å². The summed E-state index contributed by atoms with van der Waals surface area (Å²) in [6.45, 7) is 0.486. The number of nitrogens with zero attached hydrogens (tertiary/aromatic N) is 1. The Balaban J connectivity index is 0.00000320. The van der Waals surface area contributed by atoms with Crippen LogP contribution in [0.2, 0.25) is 0 Å². The van der Waals surface area contributed by atoms with Crippen LogP contribution in [0, 0.1) is 5.82 Å². The zero-order valence-corrected chi connectivity index (χ0v) is 20.0. The lowest BCUT2D eigenvalue weighted by molar-refractivity contribution is 0.580. The number of benzene rings is 2. The van der Waals surface area contributed by atoms with Gasteiger partial charge in [-0.15, -0.1) is 24.0 Å². The monoisotopic (exact) mass is 546 g/mol. The van der Waals surface area contributed by atoms with Crippen molar-refractivity contribution in [2.24, 2.45) is 4.99 Å².